The lowest BCUT2D eigenvalue weighted by atomic mass is 10.1. The number of rotatable bonds is 6. The lowest BCUT2D eigenvalue weighted by molar-refractivity contribution is 0.0319. The van der Waals surface area contributed by atoms with E-state index in [9.17, 15) is 18.0 Å². The van der Waals surface area contributed by atoms with E-state index in [4.69, 9.17) is 9.47 Å². The molecule has 1 aromatic heterocycles. The van der Waals surface area contributed by atoms with Gasteiger partial charge < -0.3 is 14.5 Å². The molecule has 1 unspecified atom stereocenters. The molecule has 2 aromatic carbocycles. The number of aromatic amines is 1. The number of nitrogens with zero attached hydrogens (tertiary/aromatic N) is 1. The molecule has 4 rings (SSSR count). The lowest BCUT2D eigenvalue weighted by Crippen LogP contribution is -2.40. The molecule has 162 valence electrons. The first kappa shape index (κ1) is 21.2. The molecule has 3 aromatic rings. The van der Waals surface area contributed by atoms with Gasteiger partial charge in [-0.3, -0.25) is 4.79 Å². The highest BCUT2D eigenvalue weighted by Crippen LogP contribution is 2.22. The molecule has 1 atom stereocenters. The molecule has 0 amide bonds. The van der Waals surface area contributed by atoms with Gasteiger partial charge in [-0.05, 0) is 31.2 Å². The molecule has 0 saturated carbocycles. The molecule has 1 saturated heterocycles. The largest absolute Gasteiger partial charge is 0.451 e. The monoisotopic (exact) mass is 442 g/mol. The van der Waals surface area contributed by atoms with Crippen molar-refractivity contribution in [3.05, 3.63) is 65.9 Å². The topological polar surface area (TPSA) is 106 Å². The number of ether oxygens (including phenoxy) is 2. The van der Waals surface area contributed by atoms with E-state index >= 15 is 0 Å². The second kappa shape index (κ2) is 8.62. The second-order valence-electron chi connectivity index (χ2n) is 7.20. The summed E-state index contributed by atoms with van der Waals surface area (Å²) in [5.41, 5.74) is 1.30. The van der Waals surface area contributed by atoms with Crippen molar-refractivity contribution in [2.24, 2.45) is 0 Å². The highest BCUT2D eigenvalue weighted by atomic mass is 32.2. The summed E-state index contributed by atoms with van der Waals surface area (Å²) in [4.78, 5) is 28.5. The van der Waals surface area contributed by atoms with Gasteiger partial charge in [-0.2, -0.15) is 4.31 Å². The Labute approximate surface area is 179 Å². The molecular weight excluding hydrogens is 420 g/mol. The van der Waals surface area contributed by atoms with Crippen molar-refractivity contribution < 1.29 is 27.5 Å². The van der Waals surface area contributed by atoms with Crippen molar-refractivity contribution in [2.75, 3.05) is 26.3 Å². The number of hydrogen-bond donors (Lipinski definition) is 1. The van der Waals surface area contributed by atoms with E-state index in [-0.39, 0.29) is 29.3 Å². The fourth-order valence-electron chi connectivity index (χ4n) is 3.50. The predicted molar refractivity (Wildman–Crippen MR) is 114 cm³/mol. The number of carbonyl (C=O) groups excluding carboxylic acids is 2. The molecule has 9 heteroatoms. The Hall–Kier alpha value is -3.01. The van der Waals surface area contributed by atoms with E-state index in [1.165, 1.54) is 35.5 Å². The summed E-state index contributed by atoms with van der Waals surface area (Å²) < 4.78 is 37.5. The number of morpholine rings is 1. The number of aromatic nitrogens is 1. The molecule has 8 nitrogen and oxygen atoms in total. The molecule has 1 aliphatic heterocycles. The number of ketones is 1. The zero-order chi connectivity index (χ0) is 22.0. The number of carbonyl (C=O) groups is 2. The third-order valence-corrected chi connectivity index (χ3v) is 7.08. The highest BCUT2D eigenvalue weighted by Gasteiger charge is 2.28. The van der Waals surface area contributed by atoms with Crippen molar-refractivity contribution in [2.45, 2.75) is 17.9 Å². The summed E-state index contributed by atoms with van der Waals surface area (Å²) in [5.74, 6) is -1.11. The van der Waals surface area contributed by atoms with Crippen LogP contribution in [0, 0.1) is 0 Å². The van der Waals surface area contributed by atoms with Crippen LogP contribution in [0.3, 0.4) is 0 Å². The Balaban J connectivity index is 1.51. The van der Waals surface area contributed by atoms with Gasteiger partial charge in [0.2, 0.25) is 15.8 Å². The number of nitrogens with one attached hydrogen (secondary N) is 1. The van der Waals surface area contributed by atoms with Crippen molar-refractivity contribution >= 4 is 32.7 Å². The van der Waals surface area contributed by atoms with Crippen LogP contribution in [-0.2, 0) is 19.5 Å². The van der Waals surface area contributed by atoms with Crippen LogP contribution in [0.15, 0.2) is 59.6 Å². The van der Waals surface area contributed by atoms with Crippen LogP contribution in [0.1, 0.15) is 27.6 Å². The van der Waals surface area contributed by atoms with Crippen LogP contribution >= 0.6 is 0 Å². The molecule has 0 aliphatic carbocycles. The van der Waals surface area contributed by atoms with Crippen molar-refractivity contribution in [1.82, 2.24) is 9.29 Å². The Morgan fingerprint density at radius 3 is 2.61 bits per heavy atom. The summed E-state index contributed by atoms with van der Waals surface area (Å²) >= 11 is 0. The normalized spacial score (nSPS) is 16.2. The summed E-state index contributed by atoms with van der Waals surface area (Å²) in [6.07, 6.45) is 0.554. The molecule has 1 fully saturated rings. The second-order valence-corrected chi connectivity index (χ2v) is 9.14. The van der Waals surface area contributed by atoms with Gasteiger partial charge in [0, 0.05) is 35.8 Å². The summed E-state index contributed by atoms with van der Waals surface area (Å²) in [6, 6.07) is 13.0. The number of Topliss-reactive ketones (excluding diaryl/α,β-unsaturated/α-hetero) is 1. The van der Waals surface area contributed by atoms with Gasteiger partial charge >= 0.3 is 5.97 Å². The first-order chi connectivity index (χ1) is 14.9. The maximum Gasteiger partial charge on any atom is 0.338 e. The first-order valence-electron chi connectivity index (χ1n) is 9.87. The maximum absolute atomic E-state index is 12.8. The van der Waals surface area contributed by atoms with Crippen LogP contribution < -0.4 is 0 Å². The number of sulfonamides is 1. The van der Waals surface area contributed by atoms with Crippen LogP contribution in [0.25, 0.3) is 10.9 Å². The fraction of sp³-hybridized carbons (Fsp3) is 0.273. The Morgan fingerprint density at radius 1 is 1.10 bits per heavy atom. The number of fused-ring (bicyclic) bond motifs is 1. The van der Waals surface area contributed by atoms with Crippen molar-refractivity contribution in [1.29, 1.82) is 0 Å². The third kappa shape index (κ3) is 4.25. The third-order valence-electron chi connectivity index (χ3n) is 5.19. The fourth-order valence-corrected chi connectivity index (χ4v) is 4.95. The number of esters is 1. The SMILES string of the molecule is CC(OC(=O)c1cccc(S(=O)(=O)N2CCOCC2)c1)C(=O)c1c[nH]c2ccccc12. The van der Waals surface area contributed by atoms with Gasteiger partial charge in [0.15, 0.2) is 6.10 Å². The minimum Gasteiger partial charge on any atom is -0.451 e. The van der Waals surface area contributed by atoms with Gasteiger partial charge in [0.05, 0.1) is 23.7 Å². The molecule has 0 radical (unpaired) electrons. The Kier molecular flexibility index (Phi) is 5.90. The average molecular weight is 442 g/mol. The van der Waals surface area contributed by atoms with Crippen LogP contribution in [-0.4, -0.2) is 61.9 Å². The lowest BCUT2D eigenvalue weighted by Gasteiger charge is -2.26. The summed E-state index contributed by atoms with van der Waals surface area (Å²) in [6.45, 7) is 2.67. The van der Waals surface area contributed by atoms with Gasteiger partial charge in [0.25, 0.3) is 0 Å². The van der Waals surface area contributed by atoms with Crippen LogP contribution in [0.2, 0.25) is 0 Å². The number of H-pyrrole nitrogens is 1. The van der Waals surface area contributed by atoms with Crippen LogP contribution in [0.4, 0.5) is 0 Å². The standard InChI is InChI=1S/C22H22N2O6S/c1-15(21(25)19-14-23-20-8-3-2-7-18(19)20)30-22(26)16-5-4-6-17(13-16)31(27,28)24-9-11-29-12-10-24/h2-8,13-15,23H,9-12H2,1H3. The molecule has 0 bridgehead atoms. The highest BCUT2D eigenvalue weighted by molar-refractivity contribution is 7.89. The molecule has 31 heavy (non-hydrogen) atoms. The van der Waals surface area contributed by atoms with Crippen molar-refractivity contribution in [3.63, 3.8) is 0 Å². The first-order valence-corrected chi connectivity index (χ1v) is 11.3. The van der Waals surface area contributed by atoms with Gasteiger partial charge in [-0.15, -0.1) is 0 Å². The van der Waals surface area contributed by atoms with Crippen LogP contribution in [0.5, 0.6) is 0 Å². The number of hydrogen-bond acceptors (Lipinski definition) is 6. The minimum atomic E-state index is -3.75. The van der Waals surface area contributed by atoms with E-state index < -0.39 is 22.1 Å². The zero-order valence-corrected chi connectivity index (χ0v) is 17.7. The average Bonchev–Trinajstić information content (AvgIpc) is 3.23. The molecular formula is C22H22N2O6S. The maximum atomic E-state index is 12.8. The molecule has 0 spiro atoms. The van der Waals surface area contributed by atoms with E-state index in [0.717, 1.165) is 10.9 Å². The number of para-hydroxylation sites is 1. The van der Waals surface area contributed by atoms with Crippen molar-refractivity contribution in [3.8, 4) is 0 Å². The van der Waals surface area contributed by atoms with E-state index in [1.807, 2.05) is 24.3 Å². The Bertz CT molecular complexity index is 1230. The Morgan fingerprint density at radius 2 is 1.84 bits per heavy atom. The molecule has 2 heterocycles. The summed E-state index contributed by atoms with van der Waals surface area (Å²) in [5, 5.41) is 0.744. The predicted octanol–water partition coefficient (Wildman–Crippen LogP) is 2.62. The van der Waals surface area contributed by atoms with E-state index in [0.29, 0.717) is 18.8 Å². The zero-order valence-electron chi connectivity index (χ0n) is 16.9. The number of benzene rings is 2. The smallest absolute Gasteiger partial charge is 0.338 e. The van der Waals surface area contributed by atoms with Gasteiger partial charge in [-0.1, -0.05) is 24.3 Å². The van der Waals surface area contributed by atoms with Gasteiger partial charge in [-0.25, -0.2) is 13.2 Å². The summed E-state index contributed by atoms with van der Waals surface area (Å²) in [7, 11) is -3.75. The van der Waals surface area contributed by atoms with Gasteiger partial charge in [0.1, 0.15) is 0 Å². The van der Waals surface area contributed by atoms with E-state index in [1.54, 1.807) is 6.20 Å². The van der Waals surface area contributed by atoms with E-state index in [2.05, 4.69) is 4.98 Å². The molecule has 1 aliphatic rings. The minimum absolute atomic E-state index is 0.000502. The molecule has 1 N–H and O–H groups in total. The quantitative estimate of drug-likeness (QED) is 0.465.